The third-order valence-electron chi connectivity index (χ3n) is 1.39. The van der Waals surface area contributed by atoms with Crippen molar-refractivity contribution in [3.05, 3.63) is 0 Å². The Morgan fingerprint density at radius 2 is 0.810 bits per heavy atom. The molecule has 7 nitrogen and oxygen atoms in total. The van der Waals surface area contributed by atoms with Gasteiger partial charge in [-0.1, -0.05) is 20.8 Å². The molecule has 0 bridgehead atoms. The van der Waals surface area contributed by atoms with Crippen molar-refractivity contribution < 1.29 is 56.2 Å². The van der Waals surface area contributed by atoms with E-state index in [1.54, 1.807) is 0 Å². The molecule has 3 N–H and O–H groups in total. The first-order valence-corrected chi connectivity index (χ1v) is 6.20. The number of aliphatic carboxylic acids is 3. The van der Waals surface area contributed by atoms with Crippen LogP contribution >= 0.6 is 0 Å². The van der Waals surface area contributed by atoms with Crippen LogP contribution in [-0.4, -0.2) is 40.0 Å². The fourth-order valence-corrected chi connectivity index (χ4v) is 0.642. The molecule has 0 aliphatic rings. The fraction of sp³-hybridized carbons (Fsp3) is 0.692. The summed E-state index contributed by atoms with van der Waals surface area (Å²) in [5.74, 6) is -2.13. The van der Waals surface area contributed by atoms with Crippen molar-refractivity contribution in [2.75, 3.05) is 0 Å². The Morgan fingerprint density at radius 1 is 0.667 bits per heavy atom. The molecule has 0 aromatic heterocycles. The Bertz CT molecular complexity index is 207. The van der Waals surface area contributed by atoms with Crippen molar-refractivity contribution in [1.82, 2.24) is 0 Å². The third kappa shape index (κ3) is 87.3. The number of rotatable bonds is 6. The summed E-state index contributed by atoms with van der Waals surface area (Å²) in [6.45, 7) is 8.77. The SMILES string of the molecule is CCCC(=O)O.CCCC(=O)O.CCCC(=O)O.[CH-]=O.[Ti]. The Kier molecular flexibility index (Phi) is 47.6. The topological polar surface area (TPSA) is 129 Å². The number of carbonyl (C=O) groups excluding carboxylic acids is 1. The average Bonchev–Trinajstić information content (AvgIpc) is 2.32. The van der Waals surface area contributed by atoms with Crippen LogP contribution in [0.25, 0.3) is 0 Å². The maximum Gasteiger partial charge on any atom is 0.303 e. The van der Waals surface area contributed by atoms with Gasteiger partial charge in [0.25, 0.3) is 0 Å². The summed E-state index contributed by atoms with van der Waals surface area (Å²) in [5.41, 5.74) is 0. The number of hydrogen-bond acceptors (Lipinski definition) is 4. The molecular weight excluding hydrogens is 316 g/mol. The summed E-state index contributed by atoms with van der Waals surface area (Å²) in [6.07, 6.45) is 3.07. The Morgan fingerprint density at radius 3 is 0.810 bits per heavy atom. The monoisotopic (exact) mass is 341 g/mol. The number of carboxylic acids is 3. The second kappa shape index (κ2) is 31.3. The summed E-state index contributed by atoms with van der Waals surface area (Å²) in [7, 11) is 0. The molecule has 0 rings (SSSR count). The first-order chi connectivity index (χ1) is 9.31. The van der Waals surface area contributed by atoms with Crippen LogP contribution in [0.15, 0.2) is 0 Å². The van der Waals surface area contributed by atoms with Gasteiger partial charge in [-0.25, -0.2) is 0 Å². The van der Waals surface area contributed by atoms with Crippen LogP contribution in [0.3, 0.4) is 0 Å². The van der Waals surface area contributed by atoms with Crippen LogP contribution in [0.2, 0.25) is 0 Å². The van der Waals surface area contributed by atoms with Gasteiger partial charge in [0.2, 0.25) is 0 Å². The van der Waals surface area contributed by atoms with Gasteiger partial charge in [0.1, 0.15) is 0 Å². The van der Waals surface area contributed by atoms with E-state index >= 15 is 0 Å². The van der Waals surface area contributed by atoms with Gasteiger partial charge in [-0.2, -0.15) is 0 Å². The molecule has 0 aromatic rings. The summed E-state index contributed by atoms with van der Waals surface area (Å²) < 4.78 is 0. The first kappa shape index (κ1) is 31.9. The smallest absolute Gasteiger partial charge is 0.303 e. The Labute approximate surface area is 140 Å². The standard InChI is InChI=1S/3C4H8O2.CHO.Ti/c3*1-2-3-4(5)6;1-2;/h3*2-3H2,1H3,(H,5,6);1H;/q;;;-1;. The summed E-state index contributed by atoms with van der Waals surface area (Å²) in [5, 5.41) is 23.7. The van der Waals surface area contributed by atoms with Crippen LogP contribution < -0.4 is 0 Å². The van der Waals surface area contributed by atoms with Gasteiger partial charge >= 0.3 is 17.9 Å². The number of hydrogen-bond donors (Lipinski definition) is 3. The normalized spacial score (nSPS) is 7.19. The molecule has 124 valence electrons. The third-order valence-corrected chi connectivity index (χ3v) is 1.39. The van der Waals surface area contributed by atoms with E-state index in [1.807, 2.05) is 20.8 Å². The fourth-order valence-electron chi connectivity index (χ4n) is 0.642. The minimum Gasteiger partial charge on any atom is -0.545 e. The molecule has 8 heteroatoms. The molecule has 0 radical (unpaired) electrons. The minimum absolute atomic E-state index is 0. The predicted octanol–water partition coefficient (Wildman–Crippen LogP) is 2.34. The molecule has 0 unspecified atom stereocenters. The molecule has 0 saturated carbocycles. The van der Waals surface area contributed by atoms with Gasteiger partial charge in [-0.3, -0.25) is 21.2 Å². The van der Waals surface area contributed by atoms with Crippen molar-refractivity contribution in [1.29, 1.82) is 0 Å². The van der Waals surface area contributed by atoms with E-state index < -0.39 is 17.9 Å². The van der Waals surface area contributed by atoms with E-state index in [0.29, 0.717) is 19.3 Å². The molecule has 21 heavy (non-hydrogen) atoms. The Hall–Kier alpha value is -1.21. The molecule has 0 spiro atoms. The van der Waals surface area contributed by atoms with Crippen LogP contribution in [0, 0.1) is 0 Å². The van der Waals surface area contributed by atoms with E-state index in [0.717, 1.165) is 19.3 Å². The number of carboxylic acid groups (broad SMARTS) is 3. The average molecular weight is 341 g/mol. The first-order valence-electron chi connectivity index (χ1n) is 6.20. The van der Waals surface area contributed by atoms with E-state index in [2.05, 4.69) is 6.79 Å². The van der Waals surface area contributed by atoms with Crippen molar-refractivity contribution in [2.45, 2.75) is 59.3 Å². The summed E-state index contributed by atoms with van der Waals surface area (Å²) in [4.78, 5) is 36.5. The van der Waals surface area contributed by atoms with Gasteiger partial charge < -0.3 is 20.1 Å². The molecular formula is C13H25O7Ti-. The Balaban J connectivity index is -0.0000000561. The quantitative estimate of drug-likeness (QED) is 0.384. The van der Waals surface area contributed by atoms with Gasteiger partial charge in [0.15, 0.2) is 0 Å². The number of carbonyl (C=O) groups is 3. The van der Waals surface area contributed by atoms with Crippen LogP contribution in [0.1, 0.15) is 59.3 Å². The molecule has 0 amide bonds. The largest absolute Gasteiger partial charge is 0.545 e. The minimum atomic E-state index is -0.711. The van der Waals surface area contributed by atoms with Gasteiger partial charge in [-0.15, -0.1) is 0 Å². The van der Waals surface area contributed by atoms with Crippen LogP contribution in [-0.2, 0) is 40.9 Å². The molecule has 0 heterocycles. The van der Waals surface area contributed by atoms with Crippen LogP contribution in [0.4, 0.5) is 0 Å². The van der Waals surface area contributed by atoms with E-state index in [1.165, 1.54) is 0 Å². The van der Waals surface area contributed by atoms with Crippen molar-refractivity contribution >= 4 is 24.7 Å². The van der Waals surface area contributed by atoms with E-state index in [-0.39, 0.29) is 21.7 Å². The van der Waals surface area contributed by atoms with Crippen LogP contribution in [0.5, 0.6) is 0 Å². The summed E-state index contributed by atoms with van der Waals surface area (Å²) >= 11 is 0. The summed E-state index contributed by atoms with van der Waals surface area (Å²) in [6, 6.07) is 0. The zero-order valence-electron chi connectivity index (χ0n) is 12.8. The predicted molar refractivity (Wildman–Crippen MR) is 74.4 cm³/mol. The maximum absolute atomic E-state index is 9.60. The molecule has 0 saturated heterocycles. The van der Waals surface area contributed by atoms with Crippen molar-refractivity contribution in [2.24, 2.45) is 0 Å². The van der Waals surface area contributed by atoms with Crippen molar-refractivity contribution in [3.8, 4) is 0 Å². The zero-order valence-corrected chi connectivity index (χ0v) is 14.4. The molecule has 0 aliphatic heterocycles. The van der Waals surface area contributed by atoms with Gasteiger partial charge in [-0.05, 0) is 19.3 Å². The molecule has 0 aliphatic carbocycles. The van der Waals surface area contributed by atoms with E-state index in [9.17, 15) is 14.4 Å². The van der Waals surface area contributed by atoms with Gasteiger partial charge in [0, 0.05) is 41.0 Å². The van der Waals surface area contributed by atoms with E-state index in [4.69, 9.17) is 20.1 Å². The zero-order chi connectivity index (χ0) is 17.0. The second-order valence-electron chi connectivity index (χ2n) is 3.43. The molecule has 0 aromatic carbocycles. The van der Waals surface area contributed by atoms with Gasteiger partial charge in [0.05, 0.1) is 0 Å². The second-order valence-corrected chi connectivity index (χ2v) is 3.43. The molecule has 0 fully saturated rings. The maximum atomic E-state index is 9.60. The van der Waals surface area contributed by atoms with Crippen molar-refractivity contribution in [3.63, 3.8) is 0 Å². The molecule has 0 atom stereocenters.